The van der Waals surface area contributed by atoms with Gasteiger partial charge in [0.15, 0.2) is 8.32 Å². The lowest BCUT2D eigenvalue weighted by Gasteiger charge is -2.42. The number of ether oxygens (including phenoxy) is 2. The molecule has 0 bridgehead atoms. The predicted octanol–water partition coefficient (Wildman–Crippen LogP) is 7.75. The molecule has 0 saturated heterocycles. The van der Waals surface area contributed by atoms with E-state index in [2.05, 4.69) is 43.9 Å². The molecule has 0 spiro atoms. The molecule has 0 saturated carbocycles. The SMILES string of the molecule is CC(C)(C)OC(=O)N[C@@H](Cc1ccccc1)[C@H](C[C@@H](Cc1ccc(OC(F)(F)F)cc1)C(=O)O)O[Si](C)(C)C(C)(C)C. The molecule has 0 fully saturated rings. The number of alkyl halides is 3. The van der Waals surface area contributed by atoms with E-state index in [4.69, 9.17) is 9.16 Å². The quantitative estimate of drug-likeness (QED) is 0.239. The standard InChI is InChI=1S/C31H44F3NO6Si/c1-29(2,3)40-28(38)35-25(19-21-12-10-9-11-13-21)26(41-42(7,8)30(4,5)6)20-23(27(36)37)18-22-14-16-24(17-15-22)39-31(32,33)34/h9-17,23,25-26H,18-20H2,1-8H3,(H,35,38)(H,36,37)/t23-,25+,26+/m1/s1. The molecule has 11 heteroatoms. The van der Waals surface area contributed by atoms with Crippen molar-refractivity contribution in [2.75, 3.05) is 0 Å². The number of aliphatic carboxylic acids is 1. The summed E-state index contributed by atoms with van der Waals surface area (Å²) in [4.78, 5) is 25.5. The number of carboxylic acid groups (broad SMARTS) is 1. The Bertz CT molecular complexity index is 1160. The van der Waals surface area contributed by atoms with E-state index in [0.717, 1.165) is 17.7 Å². The first kappa shape index (κ1) is 35.1. The highest BCUT2D eigenvalue weighted by molar-refractivity contribution is 6.74. The fraction of sp³-hybridized carbons (Fsp3) is 0.548. The van der Waals surface area contributed by atoms with Gasteiger partial charge in [0.25, 0.3) is 0 Å². The first-order valence-electron chi connectivity index (χ1n) is 13.9. The Morgan fingerprint density at radius 3 is 1.90 bits per heavy atom. The van der Waals surface area contributed by atoms with Gasteiger partial charge >= 0.3 is 18.4 Å². The largest absolute Gasteiger partial charge is 0.573 e. The van der Waals surface area contributed by atoms with Crippen LogP contribution in [0.4, 0.5) is 18.0 Å². The Morgan fingerprint density at radius 2 is 1.43 bits per heavy atom. The van der Waals surface area contributed by atoms with E-state index in [-0.39, 0.29) is 23.6 Å². The van der Waals surface area contributed by atoms with Crippen LogP contribution >= 0.6 is 0 Å². The van der Waals surface area contributed by atoms with Gasteiger partial charge in [0.05, 0.1) is 18.1 Å². The molecule has 42 heavy (non-hydrogen) atoms. The Labute approximate surface area is 247 Å². The van der Waals surface area contributed by atoms with E-state index in [9.17, 15) is 27.9 Å². The van der Waals surface area contributed by atoms with Gasteiger partial charge in [0.2, 0.25) is 0 Å². The molecule has 0 aliphatic heterocycles. The second kappa shape index (κ2) is 13.9. The number of halogens is 3. The smallest absolute Gasteiger partial charge is 0.481 e. The Hall–Kier alpha value is -3.05. The summed E-state index contributed by atoms with van der Waals surface area (Å²) >= 11 is 0. The van der Waals surface area contributed by atoms with E-state index in [1.165, 1.54) is 12.1 Å². The molecule has 2 N–H and O–H groups in total. The summed E-state index contributed by atoms with van der Waals surface area (Å²) in [6.07, 6.45) is -5.70. The van der Waals surface area contributed by atoms with Gasteiger partial charge in [-0.25, -0.2) is 4.79 Å². The molecule has 0 aromatic heterocycles. The van der Waals surface area contributed by atoms with E-state index in [1.807, 2.05) is 30.3 Å². The highest BCUT2D eigenvalue weighted by atomic mass is 28.4. The van der Waals surface area contributed by atoms with Crippen LogP contribution in [-0.4, -0.2) is 49.6 Å². The molecular weight excluding hydrogens is 567 g/mol. The number of nitrogens with one attached hydrogen (secondary N) is 1. The predicted molar refractivity (Wildman–Crippen MR) is 158 cm³/mol. The third-order valence-corrected chi connectivity index (χ3v) is 11.7. The van der Waals surface area contributed by atoms with Crippen molar-refractivity contribution < 1.29 is 41.8 Å². The zero-order valence-corrected chi connectivity index (χ0v) is 26.7. The third kappa shape index (κ3) is 12.0. The van der Waals surface area contributed by atoms with Gasteiger partial charge in [0.1, 0.15) is 11.4 Å². The molecule has 234 valence electrons. The fourth-order valence-electron chi connectivity index (χ4n) is 4.12. The number of carboxylic acids is 1. The van der Waals surface area contributed by atoms with E-state index < -0.39 is 50.4 Å². The summed E-state index contributed by atoms with van der Waals surface area (Å²) in [7, 11) is -2.48. The van der Waals surface area contributed by atoms with Gasteiger partial charge in [-0.05, 0) is 81.4 Å². The molecule has 0 heterocycles. The molecule has 3 atom stereocenters. The Kier molecular flexibility index (Phi) is 11.7. The lowest BCUT2D eigenvalue weighted by Crippen LogP contribution is -2.54. The van der Waals surface area contributed by atoms with Crippen LogP contribution in [0.5, 0.6) is 5.75 Å². The van der Waals surface area contributed by atoms with Crippen LogP contribution < -0.4 is 10.1 Å². The number of hydrogen-bond acceptors (Lipinski definition) is 5. The summed E-state index contributed by atoms with van der Waals surface area (Å²) in [5.74, 6) is -2.42. The molecule has 7 nitrogen and oxygen atoms in total. The zero-order valence-electron chi connectivity index (χ0n) is 25.7. The summed E-state index contributed by atoms with van der Waals surface area (Å²) < 4.78 is 54.1. The number of carbonyl (C=O) groups excluding carboxylic acids is 1. The minimum absolute atomic E-state index is 0.0451. The number of carbonyl (C=O) groups is 2. The van der Waals surface area contributed by atoms with Gasteiger partial charge in [-0.2, -0.15) is 0 Å². The zero-order chi connectivity index (χ0) is 31.9. The lowest BCUT2D eigenvalue weighted by molar-refractivity contribution is -0.274. The number of hydrogen-bond donors (Lipinski definition) is 2. The van der Waals surface area contributed by atoms with Crippen molar-refractivity contribution in [3.05, 3.63) is 65.7 Å². The second-order valence-corrected chi connectivity index (χ2v) is 17.8. The monoisotopic (exact) mass is 611 g/mol. The third-order valence-electron chi connectivity index (χ3n) is 7.21. The average Bonchev–Trinajstić information content (AvgIpc) is 2.81. The molecular formula is C31H44F3NO6Si. The Morgan fingerprint density at radius 1 is 0.881 bits per heavy atom. The summed E-state index contributed by atoms with van der Waals surface area (Å²) in [5.41, 5.74) is 0.709. The van der Waals surface area contributed by atoms with Gasteiger partial charge < -0.3 is 24.3 Å². The Balaban J connectivity index is 2.45. The van der Waals surface area contributed by atoms with Gasteiger partial charge in [-0.1, -0.05) is 63.2 Å². The molecule has 0 aliphatic carbocycles. The first-order chi connectivity index (χ1) is 19.1. The van der Waals surface area contributed by atoms with Crippen LogP contribution in [-0.2, 0) is 26.8 Å². The highest BCUT2D eigenvalue weighted by Gasteiger charge is 2.42. The van der Waals surface area contributed by atoms with Crippen molar-refractivity contribution in [3.8, 4) is 5.75 Å². The second-order valence-electron chi connectivity index (χ2n) is 13.0. The van der Waals surface area contributed by atoms with Gasteiger partial charge in [-0.3, -0.25) is 4.79 Å². The van der Waals surface area contributed by atoms with Crippen LogP contribution in [0.25, 0.3) is 0 Å². The van der Waals surface area contributed by atoms with Gasteiger partial charge in [0, 0.05) is 0 Å². The topological polar surface area (TPSA) is 94.1 Å². The van der Waals surface area contributed by atoms with Gasteiger partial charge in [-0.15, -0.1) is 13.2 Å². The van der Waals surface area contributed by atoms with Crippen molar-refractivity contribution in [2.45, 2.75) is 103 Å². The number of benzene rings is 2. The maximum atomic E-state index is 13.0. The van der Waals surface area contributed by atoms with E-state index in [0.29, 0.717) is 12.0 Å². The van der Waals surface area contributed by atoms with Crippen LogP contribution in [0.1, 0.15) is 59.1 Å². The summed E-state index contributed by atoms with van der Waals surface area (Å²) in [6, 6.07) is 14.0. The first-order valence-corrected chi connectivity index (χ1v) is 16.8. The minimum Gasteiger partial charge on any atom is -0.481 e. The van der Waals surface area contributed by atoms with Crippen LogP contribution in [0.15, 0.2) is 54.6 Å². The summed E-state index contributed by atoms with van der Waals surface area (Å²) in [6.45, 7) is 15.6. The van der Waals surface area contributed by atoms with Crippen molar-refractivity contribution in [3.63, 3.8) is 0 Å². The van der Waals surface area contributed by atoms with Crippen molar-refractivity contribution in [1.82, 2.24) is 5.32 Å². The fourth-order valence-corrected chi connectivity index (χ4v) is 5.49. The normalized spacial score (nSPS) is 14.9. The molecule has 2 aromatic rings. The molecule has 0 aliphatic rings. The van der Waals surface area contributed by atoms with Crippen LogP contribution in [0, 0.1) is 5.92 Å². The van der Waals surface area contributed by atoms with E-state index >= 15 is 0 Å². The maximum absolute atomic E-state index is 13.0. The number of rotatable bonds is 12. The minimum atomic E-state index is -4.83. The number of alkyl carbamates (subject to hydrolysis) is 1. The molecule has 2 aromatic carbocycles. The van der Waals surface area contributed by atoms with E-state index in [1.54, 1.807) is 20.8 Å². The van der Waals surface area contributed by atoms with Crippen LogP contribution in [0.3, 0.4) is 0 Å². The molecule has 0 radical (unpaired) electrons. The average molecular weight is 612 g/mol. The molecule has 0 unspecified atom stereocenters. The summed E-state index contributed by atoms with van der Waals surface area (Å²) in [5, 5.41) is 13.0. The molecule has 1 amide bonds. The van der Waals surface area contributed by atoms with Crippen molar-refractivity contribution in [2.24, 2.45) is 5.92 Å². The number of amides is 1. The molecule has 2 rings (SSSR count). The van der Waals surface area contributed by atoms with Crippen LogP contribution in [0.2, 0.25) is 18.1 Å². The maximum Gasteiger partial charge on any atom is 0.573 e. The van der Waals surface area contributed by atoms with Crippen molar-refractivity contribution in [1.29, 1.82) is 0 Å². The lowest BCUT2D eigenvalue weighted by atomic mass is 9.89. The highest BCUT2D eigenvalue weighted by Crippen LogP contribution is 2.39. The van der Waals surface area contributed by atoms with Crippen molar-refractivity contribution >= 4 is 20.4 Å².